The second-order valence-electron chi connectivity index (χ2n) is 7.59. The third-order valence-electron chi connectivity index (χ3n) is 5.60. The number of hydrogen-bond donors (Lipinski definition) is 0. The predicted molar refractivity (Wildman–Crippen MR) is 114 cm³/mol. The Hall–Kier alpha value is -2.28. The van der Waals surface area contributed by atoms with E-state index in [2.05, 4.69) is 34.9 Å². The van der Waals surface area contributed by atoms with Gasteiger partial charge in [0.05, 0.1) is 24.1 Å². The first kappa shape index (κ1) is 21.4. The quantitative estimate of drug-likeness (QED) is 0.750. The lowest BCUT2D eigenvalue weighted by molar-refractivity contribution is 0.00601. The third kappa shape index (κ3) is 4.50. The number of aromatic nitrogens is 3. The summed E-state index contributed by atoms with van der Waals surface area (Å²) in [6, 6.07) is 4.18. The molecule has 0 saturated carbocycles. The molecule has 158 valence electrons. The van der Waals surface area contributed by atoms with E-state index in [-0.39, 0.29) is 19.0 Å². The van der Waals surface area contributed by atoms with E-state index in [0.717, 1.165) is 41.4 Å². The SMILES string of the molecule is C/C=C(\C)c1nn(-c2ccc(N3CC(N4CCC(F)(F)C4)C3)nc2)cc1C.CC. The fourth-order valence-electron chi connectivity index (χ4n) is 3.77. The molecule has 2 aliphatic rings. The Morgan fingerprint density at radius 2 is 1.97 bits per heavy atom. The van der Waals surface area contributed by atoms with Crippen LogP contribution in [0.3, 0.4) is 0 Å². The first-order chi connectivity index (χ1) is 13.9. The number of allylic oxidation sites excluding steroid dienone is 2. The molecule has 29 heavy (non-hydrogen) atoms. The van der Waals surface area contributed by atoms with Crippen LogP contribution in [0.4, 0.5) is 14.6 Å². The van der Waals surface area contributed by atoms with Crippen LogP contribution in [0.15, 0.2) is 30.6 Å². The van der Waals surface area contributed by atoms with Crippen LogP contribution in [-0.2, 0) is 0 Å². The minimum atomic E-state index is -2.52. The van der Waals surface area contributed by atoms with Gasteiger partial charge in [-0.15, -0.1) is 0 Å². The number of halogens is 2. The number of rotatable bonds is 4. The Morgan fingerprint density at radius 3 is 2.52 bits per heavy atom. The molecule has 2 aromatic heterocycles. The van der Waals surface area contributed by atoms with Gasteiger partial charge in [-0.25, -0.2) is 18.4 Å². The molecule has 0 radical (unpaired) electrons. The molecule has 2 aliphatic heterocycles. The van der Waals surface area contributed by atoms with Crippen molar-refractivity contribution in [3.63, 3.8) is 0 Å². The molecule has 0 atom stereocenters. The summed E-state index contributed by atoms with van der Waals surface area (Å²) in [5.41, 5.74) is 4.18. The number of hydrogen-bond acceptors (Lipinski definition) is 4. The molecule has 0 bridgehead atoms. The van der Waals surface area contributed by atoms with E-state index in [4.69, 9.17) is 0 Å². The maximum absolute atomic E-state index is 13.4. The standard InChI is InChI=1S/C20H25F2N5.C2H6/c1-4-14(2)19-15(3)10-27(24-19)16-5-6-18(23-9-16)26-11-17(12-26)25-8-7-20(21,22)13-25;1-2/h4-6,9-10,17H,7-8,11-13H2,1-3H3;1-2H3/b14-4+;. The van der Waals surface area contributed by atoms with Gasteiger partial charge in [-0.05, 0) is 44.0 Å². The minimum Gasteiger partial charge on any atom is -0.353 e. The highest BCUT2D eigenvalue weighted by Crippen LogP contribution is 2.32. The summed E-state index contributed by atoms with van der Waals surface area (Å²) in [4.78, 5) is 8.59. The van der Waals surface area contributed by atoms with E-state index >= 15 is 0 Å². The van der Waals surface area contributed by atoms with Gasteiger partial charge < -0.3 is 4.90 Å². The Kier molecular flexibility index (Phi) is 6.36. The van der Waals surface area contributed by atoms with Crippen molar-refractivity contribution in [1.82, 2.24) is 19.7 Å². The molecular formula is C22H31F2N5. The second kappa shape index (κ2) is 8.61. The van der Waals surface area contributed by atoms with Crippen molar-refractivity contribution in [2.75, 3.05) is 31.1 Å². The predicted octanol–water partition coefficient (Wildman–Crippen LogP) is 4.55. The molecule has 0 amide bonds. The molecule has 2 aromatic rings. The Bertz CT molecular complexity index is 851. The smallest absolute Gasteiger partial charge is 0.261 e. The maximum atomic E-state index is 13.4. The van der Waals surface area contributed by atoms with Gasteiger partial charge in [0.25, 0.3) is 5.92 Å². The van der Waals surface area contributed by atoms with Gasteiger partial charge in [0, 0.05) is 38.3 Å². The molecule has 5 nitrogen and oxygen atoms in total. The molecule has 0 aromatic carbocycles. The van der Waals surface area contributed by atoms with E-state index in [9.17, 15) is 8.78 Å². The zero-order valence-corrected chi connectivity index (χ0v) is 18.0. The molecule has 0 unspecified atom stereocenters. The topological polar surface area (TPSA) is 37.2 Å². The molecular weight excluding hydrogens is 372 g/mol. The molecule has 0 N–H and O–H groups in total. The van der Waals surface area contributed by atoms with Gasteiger partial charge in [0.15, 0.2) is 0 Å². The summed E-state index contributed by atoms with van der Waals surface area (Å²) < 4.78 is 28.6. The van der Waals surface area contributed by atoms with Crippen LogP contribution in [0, 0.1) is 6.92 Å². The molecule has 2 saturated heterocycles. The van der Waals surface area contributed by atoms with E-state index in [0.29, 0.717) is 6.54 Å². The summed E-state index contributed by atoms with van der Waals surface area (Å²) >= 11 is 0. The number of likely N-dealkylation sites (tertiary alicyclic amines) is 1. The van der Waals surface area contributed by atoms with Gasteiger partial charge in [0.1, 0.15) is 5.82 Å². The minimum absolute atomic E-state index is 0.0194. The fraction of sp³-hybridized carbons (Fsp3) is 0.545. The van der Waals surface area contributed by atoms with Crippen molar-refractivity contribution >= 4 is 11.4 Å². The van der Waals surface area contributed by atoms with Crippen LogP contribution < -0.4 is 4.90 Å². The van der Waals surface area contributed by atoms with E-state index < -0.39 is 5.92 Å². The average Bonchev–Trinajstić information content (AvgIpc) is 3.24. The highest BCUT2D eigenvalue weighted by Gasteiger charge is 2.44. The van der Waals surface area contributed by atoms with Gasteiger partial charge in [-0.2, -0.15) is 5.10 Å². The molecule has 2 fully saturated rings. The van der Waals surface area contributed by atoms with E-state index in [1.165, 1.54) is 0 Å². The van der Waals surface area contributed by atoms with Gasteiger partial charge in [0.2, 0.25) is 0 Å². The maximum Gasteiger partial charge on any atom is 0.261 e. The van der Waals surface area contributed by atoms with Crippen LogP contribution in [0.5, 0.6) is 0 Å². The Morgan fingerprint density at radius 1 is 1.24 bits per heavy atom. The zero-order chi connectivity index (χ0) is 21.2. The van der Waals surface area contributed by atoms with E-state index in [1.807, 2.05) is 54.9 Å². The molecule has 7 heteroatoms. The molecule has 4 heterocycles. The van der Waals surface area contributed by atoms with Gasteiger partial charge in [-0.1, -0.05) is 19.9 Å². The second-order valence-corrected chi connectivity index (χ2v) is 7.59. The third-order valence-corrected chi connectivity index (χ3v) is 5.60. The van der Waals surface area contributed by atoms with Gasteiger partial charge in [-0.3, -0.25) is 4.90 Å². The van der Waals surface area contributed by atoms with Crippen LogP contribution in [0.1, 0.15) is 45.4 Å². The summed E-state index contributed by atoms with van der Waals surface area (Å²) in [6.45, 7) is 12.0. The van der Waals surface area contributed by atoms with Crippen LogP contribution in [-0.4, -0.2) is 57.8 Å². The lowest BCUT2D eigenvalue weighted by atomic mass is 10.1. The number of pyridine rings is 1. The summed E-state index contributed by atoms with van der Waals surface area (Å²) in [6.07, 6.45) is 5.85. The molecule has 0 spiro atoms. The van der Waals surface area contributed by atoms with Crippen molar-refractivity contribution in [3.05, 3.63) is 41.9 Å². The van der Waals surface area contributed by atoms with Gasteiger partial charge >= 0.3 is 0 Å². The fourth-order valence-corrected chi connectivity index (χ4v) is 3.77. The van der Waals surface area contributed by atoms with Crippen molar-refractivity contribution in [2.24, 2.45) is 0 Å². The number of anilines is 1. The zero-order valence-electron chi connectivity index (χ0n) is 18.0. The van der Waals surface area contributed by atoms with Crippen molar-refractivity contribution in [1.29, 1.82) is 0 Å². The Balaban J connectivity index is 0.00000117. The largest absolute Gasteiger partial charge is 0.353 e. The molecule has 0 aliphatic carbocycles. The first-order valence-corrected chi connectivity index (χ1v) is 10.4. The highest BCUT2D eigenvalue weighted by molar-refractivity contribution is 5.62. The van der Waals surface area contributed by atoms with E-state index in [1.54, 1.807) is 0 Å². The van der Waals surface area contributed by atoms with Crippen LogP contribution in [0.2, 0.25) is 0 Å². The van der Waals surface area contributed by atoms with Crippen LogP contribution in [0.25, 0.3) is 11.3 Å². The summed E-state index contributed by atoms with van der Waals surface area (Å²) in [5.74, 6) is -1.64. The first-order valence-electron chi connectivity index (χ1n) is 10.4. The number of nitrogens with zero attached hydrogens (tertiary/aromatic N) is 5. The lowest BCUT2D eigenvalue weighted by Gasteiger charge is -2.44. The van der Waals surface area contributed by atoms with Crippen LogP contribution >= 0.6 is 0 Å². The highest BCUT2D eigenvalue weighted by atomic mass is 19.3. The van der Waals surface area contributed by atoms with Crippen molar-refractivity contribution < 1.29 is 8.78 Å². The monoisotopic (exact) mass is 403 g/mol. The normalized spacial score (nSPS) is 19.7. The summed E-state index contributed by atoms with van der Waals surface area (Å²) in [7, 11) is 0. The Labute approximate surface area is 172 Å². The van der Waals surface area contributed by atoms with Crippen molar-refractivity contribution in [2.45, 2.75) is 53.0 Å². The number of aryl methyl sites for hydroxylation is 1. The van der Waals surface area contributed by atoms with Crippen molar-refractivity contribution in [3.8, 4) is 5.69 Å². The average molecular weight is 404 g/mol. The lowest BCUT2D eigenvalue weighted by Crippen LogP contribution is -2.59. The summed E-state index contributed by atoms with van der Waals surface area (Å²) in [5, 5.41) is 4.65. The number of alkyl halides is 2. The molecule has 4 rings (SSSR count).